The smallest absolute Gasteiger partial charge is 0.0743 e. The van der Waals surface area contributed by atoms with Crippen LogP contribution in [0.4, 0.5) is 0 Å². The minimum atomic E-state index is -0.891. The molecule has 0 heterocycles. The Kier molecular flexibility index (Phi) is 9.76. The molecule has 3 rings (SSSR count). The molecule has 0 saturated heterocycles. The Labute approximate surface area is 290 Å². The van der Waals surface area contributed by atoms with Gasteiger partial charge in [-0.2, -0.15) is 0 Å². The van der Waals surface area contributed by atoms with E-state index >= 15 is 0 Å². The molecule has 0 saturated carbocycles. The fraction of sp³-hybridized carbons (Fsp3) is 0.333. The number of allylic oxidation sites excluding steroid dienone is 2. The van der Waals surface area contributed by atoms with Gasteiger partial charge in [0.25, 0.3) is 0 Å². The minimum Gasteiger partial charge on any atom is -0.0743 e. The zero-order valence-electron chi connectivity index (χ0n) is 14.5. The molecule has 13 heteroatoms. The molecule has 0 aliphatic heterocycles. The predicted molar refractivity (Wildman–Crippen MR) is 182 cm³/mol. The lowest BCUT2D eigenvalue weighted by atomic mass is 9.87. The van der Waals surface area contributed by atoms with Crippen LogP contribution in [0.1, 0.15) is 5.56 Å². The van der Waals surface area contributed by atoms with E-state index in [1.54, 1.807) is 0 Å². The highest BCUT2D eigenvalue weighted by Gasteiger charge is 2.78. The topological polar surface area (TPSA) is 0 Å². The normalized spacial score (nSPS) is 25.7. The zero-order valence-corrected chi connectivity index (χ0v) is 35.1. The largest absolute Gasteiger partial charge is 0.140 e. The van der Waals surface area contributed by atoms with E-state index in [0.29, 0.717) is 0 Å². The molecule has 0 radical (unpaired) electrons. The van der Waals surface area contributed by atoms with Gasteiger partial charge < -0.3 is 0 Å². The predicted octanol–water partition coefficient (Wildman–Crippen LogP) is 12.9. The standard InChI is InChI=1S/C18H7Br13/c19-11-12(20)15(24,25)18(30,31)17(28,29)13(11,21)16(26,27)14(22,23)10-7-3-5-8-4-1-2-6-9(8)10/h1-7H. The molecule has 0 fully saturated rings. The van der Waals surface area contributed by atoms with Gasteiger partial charge in [-0.15, -0.1) is 0 Å². The minimum absolute atomic E-state index is 0.715. The number of hydrogen-bond donors (Lipinski definition) is 0. The van der Waals surface area contributed by atoms with E-state index in [4.69, 9.17) is 0 Å². The number of alkyl halides is 11. The second-order valence-electron chi connectivity index (χ2n) is 6.69. The van der Waals surface area contributed by atoms with Crippen molar-refractivity contribution in [1.82, 2.24) is 0 Å². The number of rotatable bonds is 3. The summed E-state index contributed by atoms with van der Waals surface area (Å²) in [5.74, 6) is 0. The van der Waals surface area contributed by atoms with Crippen LogP contribution in [-0.2, 0) is 3.23 Å². The molecule has 0 aromatic heterocycles. The lowest BCUT2D eigenvalue weighted by molar-refractivity contribution is 0.533. The molecule has 1 atom stereocenters. The average molecular weight is 1260 g/mol. The Morgan fingerprint density at radius 3 is 1.71 bits per heavy atom. The van der Waals surface area contributed by atoms with Crippen molar-refractivity contribution in [1.29, 1.82) is 0 Å². The van der Waals surface area contributed by atoms with Crippen LogP contribution >= 0.6 is 207 Å². The van der Waals surface area contributed by atoms with Crippen LogP contribution in [-0.4, -0.2) is 17.3 Å². The molecule has 0 N–H and O–H groups in total. The van der Waals surface area contributed by atoms with E-state index in [-0.39, 0.29) is 0 Å². The van der Waals surface area contributed by atoms with Gasteiger partial charge in [-0.3, -0.25) is 0 Å². The molecule has 1 aliphatic rings. The lowest BCUT2D eigenvalue weighted by Gasteiger charge is -2.60. The third-order valence-corrected chi connectivity index (χ3v) is 30.3. The van der Waals surface area contributed by atoms with Crippen molar-refractivity contribution in [3.8, 4) is 0 Å². The summed E-state index contributed by atoms with van der Waals surface area (Å²) in [6.07, 6.45) is 0. The second-order valence-corrected chi connectivity index (χ2v) is 26.7. The van der Waals surface area contributed by atoms with E-state index in [0.717, 1.165) is 25.3 Å². The van der Waals surface area contributed by atoms with Crippen LogP contribution in [0.5, 0.6) is 0 Å². The fourth-order valence-corrected chi connectivity index (χ4v) is 17.3. The van der Waals surface area contributed by atoms with Crippen LogP contribution in [0.15, 0.2) is 51.4 Å². The molecular weight excluding hydrogens is 1250 g/mol. The summed E-state index contributed by atoms with van der Waals surface area (Å²) in [4.78, 5) is 0. The number of hydrogen-bond acceptors (Lipinski definition) is 0. The maximum atomic E-state index is 4.09. The van der Waals surface area contributed by atoms with Gasteiger partial charge in [-0.1, -0.05) is 250 Å². The van der Waals surface area contributed by atoms with Gasteiger partial charge in [0.05, 0.1) is 0 Å². The Bertz CT molecular complexity index is 1060. The quantitative estimate of drug-likeness (QED) is 0.269. The molecule has 31 heavy (non-hydrogen) atoms. The van der Waals surface area contributed by atoms with Gasteiger partial charge >= 0.3 is 0 Å². The highest BCUT2D eigenvalue weighted by atomic mass is 79.9. The molecule has 2 aromatic carbocycles. The first-order chi connectivity index (χ1) is 13.9. The summed E-state index contributed by atoms with van der Waals surface area (Å²) < 4.78 is -3.27. The molecule has 1 unspecified atom stereocenters. The first-order valence-electron chi connectivity index (χ1n) is 8.03. The fourth-order valence-electron chi connectivity index (χ4n) is 3.20. The van der Waals surface area contributed by atoms with Crippen molar-refractivity contribution in [3.63, 3.8) is 0 Å². The number of benzene rings is 2. The molecule has 2 aromatic rings. The van der Waals surface area contributed by atoms with Crippen molar-refractivity contribution < 1.29 is 0 Å². The lowest BCUT2D eigenvalue weighted by Crippen LogP contribution is -2.69. The van der Waals surface area contributed by atoms with Gasteiger partial charge in [0.2, 0.25) is 0 Å². The van der Waals surface area contributed by atoms with Crippen LogP contribution in [0.25, 0.3) is 10.8 Å². The van der Waals surface area contributed by atoms with Crippen molar-refractivity contribution >= 4 is 218 Å². The summed E-state index contributed by atoms with van der Waals surface area (Å²) in [7, 11) is 0. The van der Waals surface area contributed by atoms with Crippen molar-refractivity contribution in [3.05, 3.63) is 57.0 Å². The molecule has 1 aliphatic carbocycles. The summed E-state index contributed by atoms with van der Waals surface area (Å²) in [5.41, 5.74) is 1.04. The first-order valence-corrected chi connectivity index (χ1v) is 18.3. The summed E-state index contributed by atoms with van der Waals surface area (Å²) in [6, 6.07) is 14.5. The Hall–Kier alpha value is 4.68. The average Bonchev–Trinajstić information content (AvgIpc) is 2.69. The van der Waals surface area contributed by atoms with Crippen LogP contribution in [0, 0.1) is 0 Å². The third-order valence-electron chi connectivity index (χ3n) is 4.95. The van der Waals surface area contributed by atoms with Gasteiger partial charge in [0.1, 0.15) is 20.5 Å². The Morgan fingerprint density at radius 2 is 1.13 bits per heavy atom. The van der Waals surface area contributed by atoms with Crippen molar-refractivity contribution in [2.45, 2.75) is 20.5 Å². The molecular formula is C18H7Br13. The Balaban J connectivity index is 2.37. The van der Waals surface area contributed by atoms with Crippen LogP contribution in [0.2, 0.25) is 0 Å². The highest BCUT2D eigenvalue weighted by Crippen LogP contribution is 2.80. The summed E-state index contributed by atoms with van der Waals surface area (Å²) in [6.45, 7) is 0. The number of fused-ring (bicyclic) bond motifs is 1. The molecule has 0 nitrogen and oxygen atoms in total. The highest BCUT2D eigenvalue weighted by molar-refractivity contribution is 9.34. The molecule has 0 bridgehead atoms. The monoisotopic (exact) mass is 1250 g/mol. The second kappa shape index (κ2) is 10.0. The summed E-state index contributed by atoms with van der Waals surface area (Å²) >= 11 is 51.1. The SMILES string of the molecule is BrC1=C(Br)C(Br)(C(Br)(Br)C(Br)(Br)c2cccc3ccccc23)C(Br)(Br)C(Br)(Br)C1(Br)Br. The van der Waals surface area contributed by atoms with Gasteiger partial charge in [0, 0.05) is 8.96 Å². The van der Waals surface area contributed by atoms with Crippen molar-refractivity contribution in [2.75, 3.05) is 0 Å². The van der Waals surface area contributed by atoms with Crippen LogP contribution < -0.4 is 0 Å². The van der Waals surface area contributed by atoms with E-state index in [1.807, 2.05) is 18.2 Å². The summed E-state index contributed by atoms with van der Waals surface area (Å²) in [5, 5.41) is 2.25. The first kappa shape index (κ1) is 30.2. The Morgan fingerprint density at radius 1 is 0.613 bits per heavy atom. The van der Waals surface area contributed by atoms with Gasteiger partial charge in [0.15, 0.2) is 0 Å². The molecule has 170 valence electrons. The van der Waals surface area contributed by atoms with E-state index in [9.17, 15) is 0 Å². The molecule has 0 amide bonds. The van der Waals surface area contributed by atoms with Gasteiger partial charge in [-0.05, 0) is 16.3 Å². The molecule has 0 spiro atoms. The van der Waals surface area contributed by atoms with E-state index < -0.39 is 20.5 Å². The van der Waals surface area contributed by atoms with E-state index in [2.05, 4.69) is 231 Å². The maximum absolute atomic E-state index is 4.09. The van der Waals surface area contributed by atoms with E-state index in [1.165, 1.54) is 0 Å². The van der Waals surface area contributed by atoms with Gasteiger partial charge in [-0.25, -0.2) is 0 Å². The number of halogens is 13. The maximum Gasteiger partial charge on any atom is 0.140 e. The zero-order chi connectivity index (χ0) is 23.8. The van der Waals surface area contributed by atoms with Crippen molar-refractivity contribution in [2.24, 2.45) is 0 Å². The van der Waals surface area contributed by atoms with Crippen LogP contribution in [0.3, 0.4) is 0 Å². The third kappa shape index (κ3) is 4.31.